The van der Waals surface area contributed by atoms with E-state index in [1.165, 1.54) is 0 Å². The van der Waals surface area contributed by atoms with E-state index in [4.69, 9.17) is 0 Å². The lowest BCUT2D eigenvalue weighted by molar-refractivity contribution is 0.265. The summed E-state index contributed by atoms with van der Waals surface area (Å²) in [6, 6.07) is 9.97. The molecule has 124 valence electrons. The minimum Gasteiger partial charge on any atom is -0.396 e. The van der Waals surface area contributed by atoms with Crippen LogP contribution in [0.15, 0.2) is 41.7 Å². The summed E-state index contributed by atoms with van der Waals surface area (Å²) in [7, 11) is 1.89. The van der Waals surface area contributed by atoms with Gasteiger partial charge in [-0.25, -0.2) is 4.99 Å². The lowest BCUT2D eigenvalue weighted by atomic mass is 10.0. The van der Waals surface area contributed by atoms with Crippen LogP contribution in [0.2, 0.25) is 0 Å². The lowest BCUT2D eigenvalue weighted by Gasteiger charge is -2.18. The number of guanidine groups is 1. The summed E-state index contributed by atoms with van der Waals surface area (Å²) in [5, 5.41) is 23.9. The van der Waals surface area contributed by atoms with Gasteiger partial charge in [-0.1, -0.05) is 30.3 Å². The Morgan fingerprint density at radius 1 is 1.30 bits per heavy atom. The van der Waals surface area contributed by atoms with Crippen LogP contribution in [0.4, 0.5) is 0 Å². The van der Waals surface area contributed by atoms with E-state index >= 15 is 0 Å². The fourth-order valence-corrected chi connectivity index (χ4v) is 2.17. The number of nitrogens with one attached hydrogen (secondary N) is 2. The second-order valence-electron chi connectivity index (χ2n) is 5.22. The van der Waals surface area contributed by atoms with E-state index in [0.29, 0.717) is 19.0 Å². The molecule has 0 radical (unpaired) electrons. The third-order valence-corrected chi connectivity index (χ3v) is 3.54. The maximum absolute atomic E-state index is 9.62. The first-order chi connectivity index (χ1) is 11.2. The minimum atomic E-state index is 0.0230. The number of nitrogens with zero attached hydrogens (tertiary/aromatic N) is 4. The van der Waals surface area contributed by atoms with Gasteiger partial charge in [0.25, 0.3) is 0 Å². The van der Waals surface area contributed by atoms with Crippen molar-refractivity contribution < 1.29 is 5.11 Å². The molecule has 1 aromatic carbocycles. The average molecular weight is 316 g/mol. The summed E-state index contributed by atoms with van der Waals surface area (Å²) in [6.45, 7) is 3.91. The van der Waals surface area contributed by atoms with Crippen molar-refractivity contribution in [2.45, 2.75) is 19.4 Å². The summed E-state index contributed by atoms with van der Waals surface area (Å²) in [4.78, 5) is 4.51. The van der Waals surface area contributed by atoms with Crippen molar-refractivity contribution in [3.63, 3.8) is 0 Å². The number of aliphatic hydroxyl groups excluding tert-OH is 1. The first kappa shape index (κ1) is 17.0. The molecule has 0 aliphatic carbocycles. The number of aryl methyl sites for hydroxylation is 1. The molecule has 7 nitrogen and oxygen atoms in total. The molecule has 1 heterocycles. The lowest BCUT2D eigenvalue weighted by Crippen LogP contribution is -2.40. The molecular formula is C16H24N6O. The van der Waals surface area contributed by atoms with E-state index in [9.17, 15) is 5.11 Å². The molecule has 2 aromatic rings. The second kappa shape index (κ2) is 8.89. The van der Waals surface area contributed by atoms with Crippen LogP contribution < -0.4 is 10.6 Å². The van der Waals surface area contributed by atoms with Gasteiger partial charge in [-0.2, -0.15) is 0 Å². The van der Waals surface area contributed by atoms with Crippen molar-refractivity contribution >= 4 is 5.96 Å². The van der Waals surface area contributed by atoms with E-state index < -0.39 is 0 Å². The molecule has 0 spiro atoms. The fraction of sp³-hybridized carbons (Fsp3) is 0.438. The molecule has 2 rings (SSSR count). The highest BCUT2D eigenvalue weighted by molar-refractivity contribution is 5.79. The summed E-state index contributed by atoms with van der Waals surface area (Å²) in [6.07, 6.45) is 1.66. The summed E-state index contributed by atoms with van der Waals surface area (Å²) < 4.78 is 1.84. The van der Waals surface area contributed by atoms with Crippen LogP contribution in [-0.2, 0) is 13.6 Å². The van der Waals surface area contributed by atoms with Gasteiger partial charge < -0.3 is 20.3 Å². The highest BCUT2D eigenvalue weighted by Crippen LogP contribution is 2.13. The average Bonchev–Trinajstić information content (AvgIpc) is 2.99. The van der Waals surface area contributed by atoms with Gasteiger partial charge in [-0.3, -0.25) is 0 Å². The van der Waals surface area contributed by atoms with Crippen LogP contribution in [-0.4, -0.2) is 45.5 Å². The second-order valence-corrected chi connectivity index (χ2v) is 5.22. The van der Waals surface area contributed by atoms with Crippen molar-refractivity contribution in [3.8, 4) is 0 Å². The number of aromatic nitrogens is 3. The van der Waals surface area contributed by atoms with Gasteiger partial charge in [0.2, 0.25) is 0 Å². The molecule has 0 saturated heterocycles. The number of hydrogen-bond donors (Lipinski definition) is 3. The quantitative estimate of drug-likeness (QED) is 0.515. The Kier molecular flexibility index (Phi) is 6.56. The number of rotatable bonds is 7. The highest BCUT2D eigenvalue weighted by atomic mass is 16.3. The molecule has 0 aliphatic heterocycles. The molecule has 7 heteroatoms. The Labute approximate surface area is 136 Å². The van der Waals surface area contributed by atoms with Crippen molar-refractivity contribution in [1.82, 2.24) is 25.4 Å². The van der Waals surface area contributed by atoms with E-state index in [-0.39, 0.29) is 12.5 Å². The van der Waals surface area contributed by atoms with Crippen LogP contribution in [0, 0.1) is 0 Å². The maximum atomic E-state index is 9.62. The molecular weight excluding hydrogens is 292 g/mol. The predicted molar refractivity (Wildman–Crippen MR) is 90.1 cm³/mol. The zero-order valence-electron chi connectivity index (χ0n) is 13.6. The molecule has 1 atom stereocenters. The maximum Gasteiger partial charge on any atom is 0.191 e. The topological polar surface area (TPSA) is 87.4 Å². The van der Waals surface area contributed by atoms with Gasteiger partial charge in [0.15, 0.2) is 11.8 Å². The number of aliphatic imine (C=N–C) groups is 1. The third-order valence-electron chi connectivity index (χ3n) is 3.54. The fourth-order valence-electron chi connectivity index (χ4n) is 2.17. The zero-order valence-corrected chi connectivity index (χ0v) is 13.6. The van der Waals surface area contributed by atoms with E-state index in [1.807, 2.05) is 48.9 Å². The molecule has 1 aromatic heterocycles. The van der Waals surface area contributed by atoms with Gasteiger partial charge in [-0.05, 0) is 12.5 Å². The van der Waals surface area contributed by atoms with E-state index in [1.54, 1.807) is 6.33 Å². The first-order valence-electron chi connectivity index (χ1n) is 7.75. The minimum absolute atomic E-state index is 0.0230. The Hall–Kier alpha value is -2.41. The van der Waals surface area contributed by atoms with Crippen LogP contribution in [0.3, 0.4) is 0 Å². The van der Waals surface area contributed by atoms with Crippen molar-refractivity contribution in [1.29, 1.82) is 0 Å². The molecule has 0 bridgehead atoms. The Morgan fingerprint density at radius 3 is 2.70 bits per heavy atom. The van der Waals surface area contributed by atoms with Crippen molar-refractivity contribution in [2.24, 2.45) is 12.0 Å². The van der Waals surface area contributed by atoms with Crippen molar-refractivity contribution in [3.05, 3.63) is 48.0 Å². The largest absolute Gasteiger partial charge is 0.396 e. The van der Waals surface area contributed by atoms with Crippen LogP contribution in [0.1, 0.15) is 24.2 Å². The SMILES string of the molecule is CCNC(=NCc1nncn1C)NCC(CO)c1ccccc1. The van der Waals surface area contributed by atoms with Gasteiger partial charge in [0, 0.05) is 26.1 Å². The summed E-state index contributed by atoms with van der Waals surface area (Å²) in [5.74, 6) is 1.52. The van der Waals surface area contributed by atoms with Gasteiger partial charge in [0.1, 0.15) is 12.9 Å². The zero-order chi connectivity index (χ0) is 16.5. The molecule has 1 unspecified atom stereocenters. The van der Waals surface area contributed by atoms with Gasteiger partial charge >= 0.3 is 0 Å². The molecule has 0 saturated carbocycles. The van der Waals surface area contributed by atoms with Crippen LogP contribution in [0.5, 0.6) is 0 Å². The van der Waals surface area contributed by atoms with E-state index in [0.717, 1.165) is 17.9 Å². The van der Waals surface area contributed by atoms with Crippen molar-refractivity contribution in [2.75, 3.05) is 19.7 Å². The predicted octanol–water partition coefficient (Wildman–Crippen LogP) is 0.646. The van der Waals surface area contributed by atoms with Crippen LogP contribution >= 0.6 is 0 Å². The number of aliphatic hydroxyl groups is 1. The molecule has 3 N–H and O–H groups in total. The Balaban J connectivity index is 1.97. The summed E-state index contributed by atoms with van der Waals surface area (Å²) >= 11 is 0. The monoisotopic (exact) mass is 316 g/mol. The molecule has 0 aliphatic rings. The molecule has 0 amide bonds. The molecule has 23 heavy (non-hydrogen) atoms. The Bertz CT molecular complexity index is 610. The first-order valence-corrected chi connectivity index (χ1v) is 7.75. The smallest absolute Gasteiger partial charge is 0.191 e. The summed E-state index contributed by atoms with van der Waals surface area (Å²) in [5.41, 5.74) is 1.10. The normalized spacial score (nSPS) is 12.9. The number of hydrogen-bond acceptors (Lipinski definition) is 4. The van der Waals surface area contributed by atoms with Crippen LogP contribution in [0.25, 0.3) is 0 Å². The molecule has 0 fully saturated rings. The third kappa shape index (κ3) is 5.07. The highest BCUT2D eigenvalue weighted by Gasteiger charge is 2.11. The van der Waals surface area contributed by atoms with E-state index in [2.05, 4.69) is 25.8 Å². The van der Waals surface area contributed by atoms with Gasteiger partial charge in [0.05, 0.1) is 6.61 Å². The standard InChI is InChI=1S/C16H24N6O/c1-3-17-16(19-10-15-21-20-12-22(15)2)18-9-14(11-23)13-7-5-4-6-8-13/h4-8,12,14,23H,3,9-11H2,1-2H3,(H2,17,18,19). The van der Waals surface area contributed by atoms with Gasteiger partial charge in [-0.15, -0.1) is 10.2 Å². The Morgan fingerprint density at radius 2 is 2.09 bits per heavy atom. The number of benzene rings is 1.